The van der Waals surface area contributed by atoms with Crippen LogP contribution in [0.15, 0.2) is 6.07 Å². The van der Waals surface area contributed by atoms with Gasteiger partial charge in [-0.2, -0.15) is 0 Å². The third kappa shape index (κ3) is 4.20. The third-order valence-corrected chi connectivity index (χ3v) is 6.13. The Morgan fingerprint density at radius 3 is 2.54 bits per heavy atom. The van der Waals surface area contributed by atoms with Crippen molar-refractivity contribution in [3.8, 4) is 0 Å². The summed E-state index contributed by atoms with van der Waals surface area (Å²) in [5, 5.41) is 6.94. The monoisotopic (exact) mass is 365 g/mol. The molecule has 2 aliphatic heterocycles. The SMILES string of the molecule is Cc1c(N2CC(C)CNC2C)cc(CCC2CCC(C)NC2)c(F)c1F. The highest BCUT2D eigenvalue weighted by Gasteiger charge is 2.27. The molecule has 2 heterocycles. The van der Waals surface area contributed by atoms with Crippen molar-refractivity contribution in [1.82, 2.24) is 10.6 Å². The molecule has 146 valence electrons. The van der Waals surface area contributed by atoms with Crippen molar-refractivity contribution in [2.75, 3.05) is 24.5 Å². The van der Waals surface area contributed by atoms with Crippen molar-refractivity contribution in [2.45, 2.75) is 65.6 Å². The van der Waals surface area contributed by atoms with Gasteiger partial charge in [0.1, 0.15) is 0 Å². The first-order valence-corrected chi connectivity index (χ1v) is 10.1. The van der Waals surface area contributed by atoms with Gasteiger partial charge in [-0.3, -0.25) is 5.32 Å². The zero-order chi connectivity index (χ0) is 18.8. The van der Waals surface area contributed by atoms with Crippen LogP contribution in [0.3, 0.4) is 0 Å². The molecule has 2 N–H and O–H groups in total. The van der Waals surface area contributed by atoms with Crippen LogP contribution < -0.4 is 15.5 Å². The van der Waals surface area contributed by atoms with Gasteiger partial charge in [-0.15, -0.1) is 0 Å². The molecular weight excluding hydrogens is 332 g/mol. The van der Waals surface area contributed by atoms with E-state index in [1.165, 1.54) is 6.42 Å². The molecule has 26 heavy (non-hydrogen) atoms. The number of anilines is 1. The van der Waals surface area contributed by atoms with E-state index < -0.39 is 11.6 Å². The maximum atomic E-state index is 14.6. The molecule has 2 saturated heterocycles. The van der Waals surface area contributed by atoms with Crippen LogP contribution in [0.2, 0.25) is 0 Å². The van der Waals surface area contributed by atoms with Crippen LogP contribution in [-0.2, 0) is 6.42 Å². The van der Waals surface area contributed by atoms with E-state index >= 15 is 0 Å². The highest BCUT2D eigenvalue weighted by molar-refractivity contribution is 5.57. The summed E-state index contributed by atoms with van der Waals surface area (Å²) in [6.45, 7) is 11.0. The first-order chi connectivity index (χ1) is 12.4. The minimum Gasteiger partial charge on any atom is -0.356 e. The van der Waals surface area contributed by atoms with Gasteiger partial charge < -0.3 is 10.2 Å². The van der Waals surface area contributed by atoms with E-state index in [1.807, 2.05) is 6.07 Å². The lowest BCUT2D eigenvalue weighted by Gasteiger charge is -2.40. The van der Waals surface area contributed by atoms with E-state index in [1.54, 1.807) is 6.92 Å². The number of hydrogen-bond donors (Lipinski definition) is 2. The molecule has 3 nitrogen and oxygen atoms in total. The molecule has 3 rings (SSSR count). The third-order valence-electron chi connectivity index (χ3n) is 6.13. The van der Waals surface area contributed by atoms with Gasteiger partial charge in [0.2, 0.25) is 0 Å². The molecule has 0 spiro atoms. The Bertz CT molecular complexity index is 626. The van der Waals surface area contributed by atoms with Crippen LogP contribution in [0, 0.1) is 30.4 Å². The molecule has 0 aromatic heterocycles. The number of nitrogens with one attached hydrogen (secondary N) is 2. The summed E-state index contributed by atoms with van der Waals surface area (Å²) in [6, 6.07) is 2.46. The van der Waals surface area contributed by atoms with Crippen LogP contribution in [0.4, 0.5) is 14.5 Å². The lowest BCUT2D eigenvalue weighted by atomic mass is 9.89. The predicted octanol–water partition coefficient (Wildman–Crippen LogP) is 3.99. The van der Waals surface area contributed by atoms with E-state index in [2.05, 4.69) is 36.3 Å². The second-order valence-corrected chi connectivity index (χ2v) is 8.44. The van der Waals surface area contributed by atoms with E-state index in [-0.39, 0.29) is 6.17 Å². The minimum absolute atomic E-state index is 0.131. The second-order valence-electron chi connectivity index (χ2n) is 8.44. The highest BCUT2D eigenvalue weighted by atomic mass is 19.2. The summed E-state index contributed by atoms with van der Waals surface area (Å²) in [4.78, 5) is 2.18. The van der Waals surface area contributed by atoms with Gasteiger partial charge in [-0.1, -0.05) is 6.92 Å². The Kier molecular flexibility index (Phi) is 6.18. The van der Waals surface area contributed by atoms with Crippen LogP contribution in [0.1, 0.15) is 51.2 Å². The lowest BCUT2D eigenvalue weighted by molar-refractivity contribution is 0.308. The van der Waals surface area contributed by atoms with Crippen molar-refractivity contribution >= 4 is 5.69 Å². The van der Waals surface area contributed by atoms with Crippen molar-refractivity contribution in [2.24, 2.45) is 11.8 Å². The fourth-order valence-corrected chi connectivity index (χ4v) is 4.25. The fraction of sp³-hybridized carbons (Fsp3) is 0.714. The van der Waals surface area contributed by atoms with Crippen LogP contribution in [0.25, 0.3) is 0 Å². The Labute approximate surface area is 156 Å². The summed E-state index contributed by atoms with van der Waals surface area (Å²) in [5.74, 6) is -0.307. The van der Waals surface area contributed by atoms with Gasteiger partial charge in [0.05, 0.1) is 6.17 Å². The fourth-order valence-electron chi connectivity index (χ4n) is 4.25. The number of piperidine rings is 1. The van der Waals surface area contributed by atoms with Crippen LogP contribution in [0.5, 0.6) is 0 Å². The van der Waals surface area contributed by atoms with E-state index in [4.69, 9.17) is 0 Å². The normalized spacial score (nSPS) is 29.8. The molecule has 1 aromatic rings. The zero-order valence-electron chi connectivity index (χ0n) is 16.5. The van der Waals surface area contributed by atoms with Gasteiger partial charge >= 0.3 is 0 Å². The number of rotatable bonds is 4. The van der Waals surface area contributed by atoms with E-state index in [9.17, 15) is 8.78 Å². The average molecular weight is 366 g/mol. The molecule has 2 fully saturated rings. The Hall–Kier alpha value is -1.20. The molecule has 0 aliphatic carbocycles. The topological polar surface area (TPSA) is 27.3 Å². The first-order valence-electron chi connectivity index (χ1n) is 10.1. The van der Waals surface area contributed by atoms with Gasteiger partial charge in [-0.05, 0) is 76.5 Å². The summed E-state index contributed by atoms with van der Waals surface area (Å²) >= 11 is 0. The molecule has 1 aromatic carbocycles. The minimum atomic E-state index is -0.682. The molecule has 0 amide bonds. The van der Waals surface area contributed by atoms with Crippen LogP contribution in [-0.4, -0.2) is 31.8 Å². The largest absolute Gasteiger partial charge is 0.356 e. The smallest absolute Gasteiger partial charge is 0.164 e. The molecule has 0 bridgehead atoms. The zero-order valence-corrected chi connectivity index (χ0v) is 16.5. The molecular formula is C21H33F2N3. The van der Waals surface area contributed by atoms with Crippen LogP contribution >= 0.6 is 0 Å². The number of halogens is 2. The Balaban J connectivity index is 1.78. The predicted molar refractivity (Wildman–Crippen MR) is 104 cm³/mol. The summed E-state index contributed by atoms with van der Waals surface area (Å²) in [6.07, 6.45) is 3.97. The number of aryl methyl sites for hydroxylation is 1. The first kappa shape index (κ1) is 19.6. The average Bonchev–Trinajstić information content (AvgIpc) is 2.63. The van der Waals surface area contributed by atoms with Gasteiger partial charge in [-0.25, -0.2) is 8.78 Å². The maximum absolute atomic E-state index is 14.6. The standard InChI is InChI=1S/C21H33F2N3/c1-13-10-25-16(4)26(12-13)19-9-18(21(23)20(22)15(19)3)8-7-17-6-5-14(2)24-11-17/h9,13-14,16-17,24-25H,5-8,10-12H2,1-4H3. The number of benzene rings is 1. The molecule has 4 unspecified atom stereocenters. The summed E-state index contributed by atoms with van der Waals surface area (Å²) in [5.41, 5.74) is 1.77. The van der Waals surface area contributed by atoms with Gasteiger partial charge in [0.15, 0.2) is 11.6 Å². The number of nitrogens with zero attached hydrogens (tertiary/aromatic N) is 1. The molecule has 0 saturated carbocycles. The van der Waals surface area contributed by atoms with Gasteiger partial charge in [0, 0.05) is 30.4 Å². The number of hydrogen-bond acceptors (Lipinski definition) is 3. The maximum Gasteiger partial charge on any atom is 0.164 e. The highest BCUT2D eigenvalue weighted by Crippen LogP contribution is 2.31. The van der Waals surface area contributed by atoms with Crippen molar-refractivity contribution in [3.63, 3.8) is 0 Å². The van der Waals surface area contributed by atoms with Crippen molar-refractivity contribution in [1.29, 1.82) is 0 Å². The molecule has 2 aliphatic rings. The Morgan fingerprint density at radius 1 is 1.08 bits per heavy atom. The molecule has 4 atom stereocenters. The van der Waals surface area contributed by atoms with E-state index in [0.29, 0.717) is 35.4 Å². The van der Waals surface area contributed by atoms with Crippen molar-refractivity contribution < 1.29 is 8.78 Å². The molecule has 5 heteroatoms. The Morgan fingerprint density at radius 2 is 1.85 bits per heavy atom. The summed E-state index contributed by atoms with van der Waals surface area (Å²) < 4.78 is 29.2. The lowest BCUT2D eigenvalue weighted by Crippen LogP contribution is -2.53. The second kappa shape index (κ2) is 8.22. The van der Waals surface area contributed by atoms with E-state index in [0.717, 1.165) is 38.2 Å². The molecule has 0 radical (unpaired) electrons. The van der Waals surface area contributed by atoms with Crippen molar-refractivity contribution in [3.05, 3.63) is 28.8 Å². The quantitative estimate of drug-likeness (QED) is 0.845. The van der Waals surface area contributed by atoms with Gasteiger partial charge in [0.25, 0.3) is 0 Å². The summed E-state index contributed by atoms with van der Waals surface area (Å²) in [7, 11) is 0.